The van der Waals surface area contributed by atoms with Crippen LogP contribution < -0.4 is 11.1 Å². The highest BCUT2D eigenvalue weighted by Gasteiger charge is 2.13. The molecule has 3 heteroatoms. The highest BCUT2D eigenvalue weighted by molar-refractivity contribution is 5.76. The number of unbranched alkanes of at least 4 members (excludes halogenated alkanes) is 2. The smallest absolute Gasteiger partial charge is 0.220 e. The Labute approximate surface area is 93.8 Å². The summed E-state index contributed by atoms with van der Waals surface area (Å²) in [5.41, 5.74) is 5.39. The fourth-order valence-corrected chi connectivity index (χ4v) is 1.63. The molecule has 0 rings (SSSR count). The predicted octanol–water partition coefficient (Wildman–Crippen LogP) is 2.06. The van der Waals surface area contributed by atoms with Crippen LogP contribution in [0.15, 0.2) is 0 Å². The van der Waals surface area contributed by atoms with Gasteiger partial charge in [0, 0.05) is 12.5 Å². The molecule has 0 saturated carbocycles. The molecular weight excluding hydrogens is 188 g/mol. The van der Waals surface area contributed by atoms with Gasteiger partial charge in [-0.3, -0.25) is 4.79 Å². The van der Waals surface area contributed by atoms with Crippen molar-refractivity contribution in [3.63, 3.8) is 0 Å². The molecule has 0 aromatic rings. The second-order valence-corrected chi connectivity index (χ2v) is 4.43. The van der Waals surface area contributed by atoms with Gasteiger partial charge in [-0.1, -0.05) is 27.2 Å². The van der Waals surface area contributed by atoms with Crippen LogP contribution in [0.1, 0.15) is 52.9 Å². The number of carbonyl (C=O) groups excluding carboxylic acids is 1. The topological polar surface area (TPSA) is 55.1 Å². The lowest BCUT2D eigenvalue weighted by atomic mass is 10.0. The summed E-state index contributed by atoms with van der Waals surface area (Å²) < 4.78 is 0. The van der Waals surface area contributed by atoms with E-state index < -0.39 is 0 Å². The Morgan fingerprint density at radius 2 is 1.93 bits per heavy atom. The molecular formula is C12H26N2O. The van der Waals surface area contributed by atoms with Gasteiger partial charge < -0.3 is 11.1 Å². The molecule has 0 radical (unpaired) electrons. The number of hydrogen-bond acceptors (Lipinski definition) is 2. The molecule has 90 valence electrons. The normalized spacial score (nSPS) is 12.9. The molecule has 3 N–H and O–H groups in total. The van der Waals surface area contributed by atoms with Crippen LogP contribution in [0.3, 0.4) is 0 Å². The van der Waals surface area contributed by atoms with Gasteiger partial charge in [-0.15, -0.1) is 0 Å². The van der Waals surface area contributed by atoms with Crippen molar-refractivity contribution in [2.45, 2.75) is 58.9 Å². The van der Waals surface area contributed by atoms with E-state index in [0.29, 0.717) is 18.4 Å². The summed E-state index contributed by atoms with van der Waals surface area (Å²) in [5, 5.41) is 3.07. The van der Waals surface area contributed by atoms with Gasteiger partial charge in [0.15, 0.2) is 0 Å². The Hall–Kier alpha value is -0.570. The zero-order valence-corrected chi connectivity index (χ0v) is 10.4. The van der Waals surface area contributed by atoms with Crippen LogP contribution in [0.4, 0.5) is 0 Å². The summed E-state index contributed by atoms with van der Waals surface area (Å²) in [5.74, 6) is 0.704. The minimum absolute atomic E-state index is 0.188. The molecule has 15 heavy (non-hydrogen) atoms. The third-order valence-corrected chi connectivity index (χ3v) is 2.70. The van der Waals surface area contributed by atoms with Crippen molar-refractivity contribution in [2.24, 2.45) is 11.7 Å². The van der Waals surface area contributed by atoms with Crippen LogP contribution in [0.2, 0.25) is 0 Å². The molecule has 0 aliphatic carbocycles. The fraction of sp³-hybridized carbons (Fsp3) is 0.917. The molecule has 0 spiro atoms. The first-order valence-corrected chi connectivity index (χ1v) is 6.11. The maximum atomic E-state index is 11.5. The first-order valence-electron chi connectivity index (χ1n) is 6.11. The third-order valence-electron chi connectivity index (χ3n) is 2.70. The van der Waals surface area contributed by atoms with E-state index in [1.54, 1.807) is 0 Å². The quantitative estimate of drug-likeness (QED) is 0.608. The zero-order chi connectivity index (χ0) is 11.7. The molecule has 0 heterocycles. The number of amides is 1. The van der Waals surface area contributed by atoms with Gasteiger partial charge in [0.05, 0.1) is 0 Å². The van der Waals surface area contributed by atoms with Crippen molar-refractivity contribution >= 4 is 5.91 Å². The number of nitrogens with one attached hydrogen (secondary N) is 1. The van der Waals surface area contributed by atoms with Gasteiger partial charge in [0.25, 0.3) is 0 Å². The number of carbonyl (C=O) groups is 1. The summed E-state index contributed by atoms with van der Waals surface area (Å²) >= 11 is 0. The third kappa shape index (κ3) is 7.37. The summed E-state index contributed by atoms with van der Waals surface area (Å²) in [6, 6.07) is 0.326. The van der Waals surface area contributed by atoms with Crippen LogP contribution in [0.25, 0.3) is 0 Å². The van der Waals surface area contributed by atoms with Crippen LogP contribution in [0, 0.1) is 5.92 Å². The molecule has 0 aromatic carbocycles. The highest BCUT2D eigenvalue weighted by atomic mass is 16.1. The average Bonchev–Trinajstić information content (AvgIpc) is 2.20. The van der Waals surface area contributed by atoms with E-state index in [1.807, 2.05) is 0 Å². The van der Waals surface area contributed by atoms with Crippen LogP contribution in [-0.4, -0.2) is 18.5 Å². The Morgan fingerprint density at radius 1 is 1.27 bits per heavy atom. The van der Waals surface area contributed by atoms with Gasteiger partial charge in [-0.2, -0.15) is 0 Å². The monoisotopic (exact) mass is 214 g/mol. The van der Waals surface area contributed by atoms with Crippen LogP contribution >= 0.6 is 0 Å². The highest BCUT2D eigenvalue weighted by Crippen LogP contribution is 2.06. The summed E-state index contributed by atoms with van der Waals surface area (Å²) in [6.07, 6.45) is 4.68. The number of rotatable bonds is 8. The molecule has 1 unspecified atom stereocenters. The van der Waals surface area contributed by atoms with Gasteiger partial charge >= 0.3 is 0 Å². The van der Waals surface area contributed by atoms with Gasteiger partial charge in [0.2, 0.25) is 5.91 Å². The van der Waals surface area contributed by atoms with E-state index in [-0.39, 0.29) is 5.91 Å². The number of hydrogen-bond donors (Lipinski definition) is 2. The standard InChI is InChI=1S/C12H26N2O/c1-4-11(10(2)3)14-12(15)8-6-5-7-9-13/h10-11H,4-9,13H2,1-3H3,(H,14,15). The summed E-state index contributed by atoms with van der Waals surface area (Å²) in [7, 11) is 0. The van der Waals surface area contributed by atoms with Crippen LogP contribution in [0.5, 0.6) is 0 Å². The molecule has 0 aliphatic heterocycles. The van der Waals surface area contributed by atoms with Crippen LogP contribution in [-0.2, 0) is 4.79 Å². The molecule has 0 aromatic heterocycles. The molecule has 1 amide bonds. The lowest BCUT2D eigenvalue weighted by Crippen LogP contribution is -2.37. The second kappa shape index (κ2) is 8.72. The van der Waals surface area contributed by atoms with Gasteiger partial charge in [-0.05, 0) is 31.7 Å². The Balaban J connectivity index is 3.62. The zero-order valence-electron chi connectivity index (χ0n) is 10.4. The van der Waals surface area contributed by atoms with Crippen molar-refractivity contribution in [1.82, 2.24) is 5.32 Å². The molecule has 3 nitrogen and oxygen atoms in total. The Morgan fingerprint density at radius 3 is 2.40 bits per heavy atom. The van der Waals surface area contributed by atoms with Crippen molar-refractivity contribution in [3.8, 4) is 0 Å². The van der Waals surface area contributed by atoms with Crippen molar-refractivity contribution in [1.29, 1.82) is 0 Å². The molecule has 0 fully saturated rings. The molecule has 0 saturated heterocycles. The van der Waals surface area contributed by atoms with E-state index in [1.165, 1.54) is 0 Å². The lowest BCUT2D eigenvalue weighted by molar-refractivity contribution is -0.122. The van der Waals surface area contributed by atoms with E-state index in [4.69, 9.17) is 5.73 Å². The second-order valence-electron chi connectivity index (χ2n) is 4.43. The molecule has 1 atom stereocenters. The maximum absolute atomic E-state index is 11.5. The van der Waals surface area contributed by atoms with E-state index in [9.17, 15) is 4.79 Å². The van der Waals surface area contributed by atoms with E-state index in [2.05, 4.69) is 26.1 Å². The fourth-order valence-electron chi connectivity index (χ4n) is 1.63. The largest absolute Gasteiger partial charge is 0.353 e. The summed E-state index contributed by atoms with van der Waals surface area (Å²) in [4.78, 5) is 11.5. The van der Waals surface area contributed by atoms with Gasteiger partial charge in [0.1, 0.15) is 0 Å². The van der Waals surface area contributed by atoms with Crippen molar-refractivity contribution in [3.05, 3.63) is 0 Å². The Kier molecular flexibility index (Phi) is 8.38. The van der Waals surface area contributed by atoms with Crippen molar-refractivity contribution in [2.75, 3.05) is 6.54 Å². The van der Waals surface area contributed by atoms with E-state index >= 15 is 0 Å². The molecule has 0 bridgehead atoms. The first kappa shape index (κ1) is 14.4. The minimum atomic E-state index is 0.188. The lowest BCUT2D eigenvalue weighted by Gasteiger charge is -2.20. The first-order chi connectivity index (χ1) is 7.11. The minimum Gasteiger partial charge on any atom is -0.353 e. The average molecular weight is 214 g/mol. The number of nitrogens with two attached hydrogens (primary N) is 1. The van der Waals surface area contributed by atoms with Crippen molar-refractivity contribution < 1.29 is 4.79 Å². The van der Waals surface area contributed by atoms with E-state index in [0.717, 1.165) is 32.2 Å². The molecule has 0 aliphatic rings. The Bertz CT molecular complexity index is 169. The predicted molar refractivity (Wildman–Crippen MR) is 64.6 cm³/mol. The van der Waals surface area contributed by atoms with Gasteiger partial charge in [-0.25, -0.2) is 0 Å². The maximum Gasteiger partial charge on any atom is 0.220 e. The summed E-state index contributed by atoms with van der Waals surface area (Å²) in [6.45, 7) is 7.12. The SMILES string of the molecule is CCC(NC(=O)CCCCCN)C(C)C.